The molecule has 0 spiro atoms. The lowest BCUT2D eigenvalue weighted by Gasteiger charge is -2.24. The predicted molar refractivity (Wildman–Crippen MR) is 69.0 cm³/mol. The number of rotatable bonds is 2. The third-order valence-corrected chi connectivity index (χ3v) is 4.53. The maximum Gasteiger partial charge on any atom is 0.0651 e. The molecule has 3 heteroatoms. The highest BCUT2D eigenvalue weighted by Crippen LogP contribution is 2.45. The van der Waals surface area contributed by atoms with E-state index in [4.69, 9.17) is 0 Å². The second-order valence-corrected chi connectivity index (χ2v) is 5.60. The molecule has 4 rings (SSSR count). The van der Waals surface area contributed by atoms with Crippen LogP contribution >= 0.6 is 0 Å². The topological polar surface area (TPSA) is 40.7 Å². The number of hydrogen-bond donors (Lipinski definition) is 2. The summed E-state index contributed by atoms with van der Waals surface area (Å²) < 4.78 is 0. The Hall–Kier alpha value is -1.51. The Balaban J connectivity index is 1.58. The first kappa shape index (κ1) is 9.51. The third kappa shape index (κ3) is 1.53. The van der Waals surface area contributed by atoms with Crippen molar-refractivity contribution < 1.29 is 0 Å². The highest BCUT2D eigenvalue weighted by molar-refractivity contribution is 5.81. The minimum Gasteiger partial charge on any atom is -0.382 e. The summed E-state index contributed by atoms with van der Waals surface area (Å²) in [4.78, 5) is 0. The van der Waals surface area contributed by atoms with Crippen LogP contribution in [0.4, 0.5) is 5.69 Å². The Labute approximate surface area is 101 Å². The average Bonchev–Trinajstić information content (AvgIpc) is 3.03. The van der Waals surface area contributed by atoms with Gasteiger partial charge in [0.15, 0.2) is 0 Å². The van der Waals surface area contributed by atoms with Crippen LogP contribution in [0.3, 0.4) is 0 Å². The van der Waals surface area contributed by atoms with E-state index in [0.717, 1.165) is 17.4 Å². The largest absolute Gasteiger partial charge is 0.382 e. The monoisotopic (exact) mass is 227 g/mol. The first-order valence-corrected chi connectivity index (χ1v) is 6.58. The summed E-state index contributed by atoms with van der Waals surface area (Å²) in [6.07, 6.45) is 7.60. The van der Waals surface area contributed by atoms with Crippen LogP contribution in [0.25, 0.3) is 10.9 Å². The van der Waals surface area contributed by atoms with Gasteiger partial charge in [-0.3, -0.25) is 5.10 Å². The van der Waals surface area contributed by atoms with Crippen LogP contribution in [0.5, 0.6) is 0 Å². The van der Waals surface area contributed by atoms with Gasteiger partial charge in [0.1, 0.15) is 0 Å². The van der Waals surface area contributed by atoms with E-state index in [1.54, 1.807) is 0 Å². The van der Waals surface area contributed by atoms with Gasteiger partial charge in [0.05, 0.1) is 11.7 Å². The van der Waals surface area contributed by atoms with E-state index in [-0.39, 0.29) is 0 Å². The molecule has 1 aromatic heterocycles. The number of aromatic amines is 1. The van der Waals surface area contributed by atoms with Gasteiger partial charge in [-0.05, 0) is 49.3 Å². The minimum atomic E-state index is 0.707. The van der Waals surface area contributed by atoms with Crippen molar-refractivity contribution in [3.05, 3.63) is 24.4 Å². The number of aromatic nitrogens is 2. The van der Waals surface area contributed by atoms with Gasteiger partial charge in [0, 0.05) is 17.1 Å². The number of benzene rings is 1. The number of nitrogens with zero attached hydrogens (tertiary/aromatic N) is 1. The molecule has 3 unspecified atom stereocenters. The van der Waals surface area contributed by atoms with Crippen molar-refractivity contribution in [2.75, 3.05) is 5.32 Å². The summed E-state index contributed by atoms with van der Waals surface area (Å²) >= 11 is 0. The molecule has 0 aliphatic heterocycles. The molecule has 2 aliphatic rings. The Morgan fingerprint density at radius 1 is 1.24 bits per heavy atom. The third-order valence-electron chi connectivity index (χ3n) is 4.53. The zero-order valence-electron chi connectivity index (χ0n) is 9.82. The van der Waals surface area contributed by atoms with Crippen LogP contribution in [0, 0.1) is 11.8 Å². The molecule has 2 saturated carbocycles. The van der Waals surface area contributed by atoms with Crippen LogP contribution in [-0.4, -0.2) is 16.2 Å². The highest BCUT2D eigenvalue weighted by atomic mass is 15.1. The normalized spacial score (nSPS) is 31.2. The lowest BCUT2D eigenvalue weighted by atomic mass is 9.95. The zero-order valence-corrected chi connectivity index (χ0v) is 9.82. The molecule has 0 radical (unpaired) electrons. The summed E-state index contributed by atoms with van der Waals surface area (Å²) in [6, 6.07) is 7.17. The van der Waals surface area contributed by atoms with Crippen molar-refractivity contribution in [3.63, 3.8) is 0 Å². The summed E-state index contributed by atoms with van der Waals surface area (Å²) in [6.45, 7) is 0. The number of anilines is 1. The van der Waals surface area contributed by atoms with E-state index in [2.05, 4.69) is 33.7 Å². The molecule has 1 heterocycles. The molecular formula is C14H17N3. The first-order valence-electron chi connectivity index (χ1n) is 6.58. The molecule has 2 aliphatic carbocycles. The SMILES string of the molecule is c1cc2[nH]ncc2cc1NC1CC2CCC1C2. The van der Waals surface area contributed by atoms with Crippen LogP contribution in [-0.2, 0) is 0 Å². The van der Waals surface area contributed by atoms with E-state index in [9.17, 15) is 0 Å². The lowest BCUT2D eigenvalue weighted by molar-refractivity contribution is 0.440. The van der Waals surface area contributed by atoms with Gasteiger partial charge < -0.3 is 5.32 Å². The fourth-order valence-electron chi connectivity index (χ4n) is 3.67. The molecule has 3 nitrogen and oxygen atoms in total. The van der Waals surface area contributed by atoms with Crippen molar-refractivity contribution in [3.8, 4) is 0 Å². The second kappa shape index (κ2) is 3.49. The summed E-state index contributed by atoms with van der Waals surface area (Å²) in [5.41, 5.74) is 2.36. The van der Waals surface area contributed by atoms with Crippen molar-refractivity contribution >= 4 is 16.6 Å². The maximum atomic E-state index is 4.06. The van der Waals surface area contributed by atoms with E-state index in [0.29, 0.717) is 6.04 Å². The van der Waals surface area contributed by atoms with Gasteiger partial charge in [-0.1, -0.05) is 6.42 Å². The van der Waals surface area contributed by atoms with Gasteiger partial charge in [-0.15, -0.1) is 0 Å². The highest BCUT2D eigenvalue weighted by Gasteiger charge is 2.39. The standard InChI is InChI=1S/C14H17N3/c1-2-10-5-9(1)6-14(10)16-12-3-4-13-11(7-12)8-15-17-13/h3-4,7-10,14,16H,1-2,5-6H2,(H,15,17). The molecule has 2 bridgehead atoms. The molecule has 2 fully saturated rings. The van der Waals surface area contributed by atoms with Gasteiger partial charge in [-0.25, -0.2) is 0 Å². The molecule has 2 aromatic rings. The molecule has 2 N–H and O–H groups in total. The summed E-state index contributed by atoms with van der Waals surface area (Å²) in [5, 5.41) is 12.0. The molecule has 88 valence electrons. The zero-order chi connectivity index (χ0) is 11.2. The number of fused-ring (bicyclic) bond motifs is 3. The van der Waals surface area contributed by atoms with E-state index < -0.39 is 0 Å². The van der Waals surface area contributed by atoms with Crippen molar-refractivity contribution in [1.29, 1.82) is 0 Å². The molecule has 1 aromatic carbocycles. The van der Waals surface area contributed by atoms with Crippen LogP contribution < -0.4 is 5.32 Å². The fraction of sp³-hybridized carbons (Fsp3) is 0.500. The molecular weight excluding hydrogens is 210 g/mol. The lowest BCUT2D eigenvalue weighted by Crippen LogP contribution is -2.25. The van der Waals surface area contributed by atoms with Crippen molar-refractivity contribution in [2.45, 2.75) is 31.7 Å². The fourth-order valence-corrected chi connectivity index (χ4v) is 3.67. The van der Waals surface area contributed by atoms with Crippen LogP contribution in [0.2, 0.25) is 0 Å². The van der Waals surface area contributed by atoms with E-state index >= 15 is 0 Å². The average molecular weight is 227 g/mol. The predicted octanol–water partition coefficient (Wildman–Crippen LogP) is 3.16. The Morgan fingerprint density at radius 3 is 3.06 bits per heavy atom. The van der Waals surface area contributed by atoms with E-state index in [1.807, 2.05) is 6.20 Å². The van der Waals surface area contributed by atoms with Crippen LogP contribution in [0.1, 0.15) is 25.7 Å². The number of nitrogens with one attached hydrogen (secondary N) is 2. The summed E-state index contributed by atoms with van der Waals surface area (Å²) in [5.74, 6) is 1.91. The van der Waals surface area contributed by atoms with Crippen molar-refractivity contribution in [1.82, 2.24) is 10.2 Å². The molecule has 0 saturated heterocycles. The van der Waals surface area contributed by atoms with Gasteiger partial charge in [0.2, 0.25) is 0 Å². The maximum absolute atomic E-state index is 4.06. The Bertz CT molecular complexity index is 545. The molecule has 17 heavy (non-hydrogen) atoms. The molecule has 3 atom stereocenters. The van der Waals surface area contributed by atoms with Crippen molar-refractivity contribution in [2.24, 2.45) is 11.8 Å². The summed E-state index contributed by atoms with van der Waals surface area (Å²) in [7, 11) is 0. The van der Waals surface area contributed by atoms with Gasteiger partial charge in [-0.2, -0.15) is 5.10 Å². The van der Waals surface area contributed by atoms with E-state index in [1.165, 1.54) is 36.8 Å². The first-order chi connectivity index (χ1) is 8.38. The minimum absolute atomic E-state index is 0.707. The quantitative estimate of drug-likeness (QED) is 0.827. The van der Waals surface area contributed by atoms with Gasteiger partial charge >= 0.3 is 0 Å². The Kier molecular flexibility index (Phi) is 1.95. The molecule has 0 amide bonds. The Morgan fingerprint density at radius 2 is 2.24 bits per heavy atom. The van der Waals surface area contributed by atoms with Crippen LogP contribution in [0.15, 0.2) is 24.4 Å². The number of H-pyrrole nitrogens is 1. The smallest absolute Gasteiger partial charge is 0.0651 e. The number of hydrogen-bond acceptors (Lipinski definition) is 2. The van der Waals surface area contributed by atoms with Gasteiger partial charge in [0.25, 0.3) is 0 Å². The second-order valence-electron chi connectivity index (χ2n) is 5.60.